The molecule has 20 heavy (non-hydrogen) atoms. The molecule has 0 aromatic heterocycles. The second-order valence-electron chi connectivity index (χ2n) is 5.33. The predicted octanol–water partition coefficient (Wildman–Crippen LogP) is 2.66. The average molecular weight is 299 g/mol. The first-order chi connectivity index (χ1) is 9.61. The Hall–Kier alpha value is -1.13. The molecule has 1 atom stereocenters. The number of halogens is 2. The van der Waals surface area contributed by atoms with Gasteiger partial charge in [0, 0.05) is 23.2 Å². The van der Waals surface area contributed by atoms with Crippen LogP contribution in [0.1, 0.15) is 31.2 Å². The Morgan fingerprint density at radius 3 is 2.75 bits per heavy atom. The molecule has 1 unspecified atom stereocenters. The number of benzene rings is 1. The van der Waals surface area contributed by atoms with E-state index in [0.717, 1.165) is 12.8 Å². The largest absolute Gasteiger partial charge is 0.352 e. The SMILES string of the molecule is NCC(NC(=O)Cc1c(F)cccc1Cl)C1CCCC1. The quantitative estimate of drug-likeness (QED) is 0.878. The van der Waals surface area contributed by atoms with Crippen LogP contribution in [0.5, 0.6) is 0 Å². The number of hydrogen-bond acceptors (Lipinski definition) is 2. The summed E-state index contributed by atoms with van der Waals surface area (Å²) >= 11 is 5.93. The lowest BCUT2D eigenvalue weighted by Crippen LogP contribution is -2.45. The molecule has 3 N–H and O–H groups in total. The Morgan fingerprint density at radius 1 is 1.45 bits per heavy atom. The Kier molecular flexibility index (Phi) is 5.38. The molecule has 5 heteroatoms. The van der Waals surface area contributed by atoms with Gasteiger partial charge in [-0.3, -0.25) is 4.79 Å². The minimum atomic E-state index is -0.446. The van der Waals surface area contributed by atoms with Gasteiger partial charge in [-0.2, -0.15) is 0 Å². The summed E-state index contributed by atoms with van der Waals surface area (Å²) in [6.07, 6.45) is 4.53. The second kappa shape index (κ2) is 7.04. The van der Waals surface area contributed by atoms with Crippen molar-refractivity contribution < 1.29 is 9.18 Å². The molecule has 0 aliphatic heterocycles. The highest BCUT2D eigenvalue weighted by atomic mass is 35.5. The van der Waals surface area contributed by atoms with Gasteiger partial charge in [0.05, 0.1) is 6.42 Å². The highest BCUT2D eigenvalue weighted by molar-refractivity contribution is 6.31. The maximum atomic E-state index is 13.6. The molecule has 1 aliphatic rings. The molecule has 1 aliphatic carbocycles. The van der Waals surface area contributed by atoms with Crippen LogP contribution in [-0.4, -0.2) is 18.5 Å². The van der Waals surface area contributed by atoms with Crippen LogP contribution in [0.25, 0.3) is 0 Å². The van der Waals surface area contributed by atoms with Crippen molar-refractivity contribution in [3.63, 3.8) is 0 Å². The summed E-state index contributed by atoms with van der Waals surface area (Å²) in [5, 5.41) is 3.21. The van der Waals surface area contributed by atoms with E-state index in [1.165, 1.54) is 25.0 Å². The number of carbonyl (C=O) groups excluding carboxylic acids is 1. The molecule has 110 valence electrons. The fourth-order valence-electron chi connectivity index (χ4n) is 2.85. The van der Waals surface area contributed by atoms with Gasteiger partial charge in [-0.25, -0.2) is 4.39 Å². The van der Waals surface area contributed by atoms with Gasteiger partial charge >= 0.3 is 0 Å². The Balaban J connectivity index is 1.97. The smallest absolute Gasteiger partial charge is 0.224 e. The van der Waals surface area contributed by atoms with Gasteiger partial charge in [0.15, 0.2) is 0 Å². The van der Waals surface area contributed by atoms with Gasteiger partial charge in [-0.1, -0.05) is 30.5 Å². The molecule has 0 saturated heterocycles. The van der Waals surface area contributed by atoms with Crippen LogP contribution < -0.4 is 11.1 Å². The van der Waals surface area contributed by atoms with Crippen molar-refractivity contribution in [1.29, 1.82) is 0 Å². The first-order valence-electron chi connectivity index (χ1n) is 7.04. The highest BCUT2D eigenvalue weighted by Gasteiger charge is 2.25. The van der Waals surface area contributed by atoms with Gasteiger partial charge in [-0.05, 0) is 30.9 Å². The van der Waals surface area contributed by atoms with E-state index in [-0.39, 0.29) is 29.0 Å². The second-order valence-corrected chi connectivity index (χ2v) is 5.74. The van der Waals surface area contributed by atoms with Gasteiger partial charge in [0.1, 0.15) is 5.82 Å². The molecule has 3 nitrogen and oxygen atoms in total. The number of nitrogens with two attached hydrogens (primary N) is 1. The molecule has 1 aromatic carbocycles. The summed E-state index contributed by atoms with van der Waals surface area (Å²) < 4.78 is 13.6. The van der Waals surface area contributed by atoms with Crippen LogP contribution in [0.15, 0.2) is 18.2 Å². The monoisotopic (exact) mass is 298 g/mol. The normalized spacial score (nSPS) is 17.1. The van der Waals surface area contributed by atoms with Crippen LogP contribution in [0, 0.1) is 11.7 Å². The van der Waals surface area contributed by atoms with Crippen LogP contribution in [0.4, 0.5) is 4.39 Å². The molecule has 1 saturated carbocycles. The summed E-state index contributed by atoms with van der Waals surface area (Å²) in [4.78, 5) is 12.1. The molecule has 0 bridgehead atoms. The summed E-state index contributed by atoms with van der Waals surface area (Å²) in [7, 11) is 0. The Morgan fingerprint density at radius 2 is 2.15 bits per heavy atom. The maximum Gasteiger partial charge on any atom is 0.224 e. The summed E-state index contributed by atoms with van der Waals surface area (Å²) in [6.45, 7) is 0.418. The van der Waals surface area contributed by atoms with E-state index in [1.807, 2.05) is 0 Å². The minimum absolute atomic E-state index is 0.0180. The van der Waals surface area contributed by atoms with Gasteiger partial charge in [0.2, 0.25) is 5.91 Å². The number of amides is 1. The number of rotatable bonds is 5. The molecule has 2 rings (SSSR count). The molecule has 0 radical (unpaired) electrons. The van der Waals surface area contributed by atoms with Crippen molar-refractivity contribution in [2.45, 2.75) is 38.1 Å². The summed E-state index contributed by atoms with van der Waals surface area (Å²) in [5.74, 6) is -0.225. The minimum Gasteiger partial charge on any atom is -0.352 e. The Labute approximate surface area is 123 Å². The van der Waals surface area contributed by atoms with E-state index in [9.17, 15) is 9.18 Å². The summed E-state index contributed by atoms with van der Waals surface area (Å²) in [5.41, 5.74) is 5.98. The molecule has 1 amide bonds. The maximum absolute atomic E-state index is 13.6. The van der Waals surface area contributed by atoms with Crippen molar-refractivity contribution in [1.82, 2.24) is 5.32 Å². The third kappa shape index (κ3) is 3.70. The van der Waals surface area contributed by atoms with Gasteiger partial charge in [0.25, 0.3) is 0 Å². The zero-order valence-corrected chi connectivity index (χ0v) is 12.1. The third-order valence-electron chi connectivity index (χ3n) is 3.97. The van der Waals surface area contributed by atoms with Crippen LogP contribution in [-0.2, 0) is 11.2 Å². The predicted molar refractivity (Wildman–Crippen MR) is 78.1 cm³/mol. The zero-order chi connectivity index (χ0) is 14.5. The molecular formula is C15H20ClFN2O. The van der Waals surface area contributed by atoms with E-state index in [1.54, 1.807) is 6.07 Å². The van der Waals surface area contributed by atoms with E-state index in [0.29, 0.717) is 12.5 Å². The van der Waals surface area contributed by atoms with E-state index in [4.69, 9.17) is 17.3 Å². The number of nitrogens with one attached hydrogen (secondary N) is 1. The van der Waals surface area contributed by atoms with E-state index < -0.39 is 5.82 Å². The van der Waals surface area contributed by atoms with Crippen LogP contribution in [0.3, 0.4) is 0 Å². The topological polar surface area (TPSA) is 55.1 Å². The fraction of sp³-hybridized carbons (Fsp3) is 0.533. The fourth-order valence-corrected chi connectivity index (χ4v) is 3.08. The molecular weight excluding hydrogens is 279 g/mol. The number of hydrogen-bond donors (Lipinski definition) is 2. The van der Waals surface area contributed by atoms with Crippen LogP contribution in [0.2, 0.25) is 5.02 Å². The number of carbonyl (C=O) groups is 1. The van der Waals surface area contributed by atoms with Crippen LogP contribution >= 0.6 is 11.6 Å². The molecule has 0 spiro atoms. The standard InChI is InChI=1S/C15H20ClFN2O/c16-12-6-3-7-13(17)11(12)8-15(20)19-14(9-18)10-4-1-2-5-10/h3,6-7,10,14H,1-2,4-5,8-9,18H2,(H,19,20). The first kappa shape index (κ1) is 15.3. The lowest BCUT2D eigenvalue weighted by atomic mass is 9.98. The van der Waals surface area contributed by atoms with Crippen molar-refractivity contribution >= 4 is 17.5 Å². The Bertz CT molecular complexity index is 455. The van der Waals surface area contributed by atoms with Crippen molar-refractivity contribution in [2.75, 3.05) is 6.54 Å². The van der Waals surface area contributed by atoms with Crippen molar-refractivity contribution in [2.24, 2.45) is 11.7 Å². The van der Waals surface area contributed by atoms with Crippen molar-refractivity contribution in [3.8, 4) is 0 Å². The van der Waals surface area contributed by atoms with Gasteiger partial charge < -0.3 is 11.1 Å². The third-order valence-corrected chi connectivity index (χ3v) is 4.32. The lowest BCUT2D eigenvalue weighted by molar-refractivity contribution is -0.121. The van der Waals surface area contributed by atoms with E-state index in [2.05, 4.69) is 5.32 Å². The van der Waals surface area contributed by atoms with Crippen molar-refractivity contribution in [3.05, 3.63) is 34.6 Å². The lowest BCUT2D eigenvalue weighted by Gasteiger charge is -2.23. The zero-order valence-electron chi connectivity index (χ0n) is 11.4. The molecule has 1 aromatic rings. The van der Waals surface area contributed by atoms with E-state index >= 15 is 0 Å². The molecule has 0 heterocycles. The first-order valence-corrected chi connectivity index (χ1v) is 7.42. The molecule has 1 fully saturated rings. The van der Waals surface area contributed by atoms with Gasteiger partial charge in [-0.15, -0.1) is 0 Å². The highest BCUT2D eigenvalue weighted by Crippen LogP contribution is 2.27. The average Bonchev–Trinajstić information content (AvgIpc) is 2.94. The summed E-state index contributed by atoms with van der Waals surface area (Å²) in [6, 6.07) is 4.41.